The summed E-state index contributed by atoms with van der Waals surface area (Å²) in [5.41, 5.74) is 0.0820. The Labute approximate surface area is 211 Å². The number of halogens is 1. The van der Waals surface area contributed by atoms with E-state index in [9.17, 15) is 19.2 Å². The second-order valence-electron chi connectivity index (χ2n) is 9.24. The second kappa shape index (κ2) is 9.98. The zero-order valence-electron chi connectivity index (χ0n) is 20.4. The average molecular weight is 511 g/mol. The number of carbonyl (C=O) groups excluding carboxylic acids is 2. The van der Waals surface area contributed by atoms with Crippen LogP contribution in [-0.2, 0) is 11.3 Å². The summed E-state index contributed by atoms with van der Waals surface area (Å²) in [4.78, 5) is 52.0. The van der Waals surface area contributed by atoms with Crippen LogP contribution < -0.4 is 21.9 Å². The lowest BCUT2D eigenvalue weighted by Gasteiger charge is -2.13. The van der Waals surface area contributed by atoms with Gasteiger partial charge in [-0.1, -0.05) is 31.5 Å². The topological polar surface area (TPSA) is 120 Å². The molecule has 2 aromatic heterocycles. The van der Waals surface area contributed by atoms with Gasteiger partial charge in [-0.05, 0) is 56.2 Å². The quantitative estimate of drug-likeness (QED) is 0.396. The van der Waals surface area contributed by atoms with Crippen LogP contribution in [-0.4, -0.2) is 37.1 Å². The van der Waals surface area contributed by atoms with Crippen LogP contribution in [0.2, 0.25) is 5.02 Å². The summed E-state index contributed by atoms with van der Waals surface area (Å²) in [5.74, 6) is -0.450. The van der Waals surface area contributed by atoms with Gasteiger partial charge in [-0.2, -0.15) is 0 Å². The molecule has 0 unspecified atom stereocenters. The minimum absolute atomic E-state index is 0.0859. The van der Waals surface area contributed by atoms with Gasteiger partial charge in [-0.3, -0.25) is 19.0 Å². The largest absolute Gasteiger partial charge is 0.352 e. The Bertz CT molecular complexity index is 1600. The molecule has 0 spiro atoms. The van der Waals surface area contributed by atoms with Crippen molar-refractivity contribution in [1.29, 1.82) is 0 Å². The standard InChI is InChI=1S/C25H27ClN6O4/c1-14(2)12-27-22(34)16-8-9-19-20(10-16)32-24(31(15(3)4)23(19)35)29-30(25(32)36)13-21(33)28-18-7-5-6-17(26)11-18/h5-11,14-15H,12-13H2,1-4H3,(H,27,34)(H,28,33). The number of fused-ring (bicyclic) bond motifs is 3. The van der Waals surface area contributed by atoms with E-state index in [4.69, 9.17) is 11.6 Å². The van der Waals surface area contributed by atoms with Crippen molar-refractivity contribution in [3.8, 4) is 0 Å². The van der Waals surface area contributed by atoms with Crippen LogP contribution in [0.5, 0.6) is 0 Å². The normalized spacial score (nSPS) is 11.5. The van der Waals surface area contributed by atoms with Gasteiger partial charge >= 0.3 is 5.69 Å². The molecule has 10 nitrogen and oxygen atoms in total. The first-order valence-corrected chi connectivity index (χ1v) is 12.0. The summed E-state index contributed by atoms with van der Waals surface area (Å²) in [6.45, 7) is 7.67. The Morgan fingerprint density at radius 3 is 2.47 bits per heavy atom. The van der Waals surface area contributed by atoms with Gasteiger partial charge in [0.2, 0.25) is 11.7 Å². The Morgan fingerprint density at radius 1 is 1.06 bits per heavy atom. The molecule has 0 fully saturated rings. The smallest absolute Gasteiger partial charge is 0.352 e. The number of hydrogen-bond donors (Lipinski definition) is 2. The lowest BCUT2D eigenvalue weighted by Crippen LogP contribution is -2.30. The zero-order chi connectivity index (χ0) is 26.1. The molecule has 0 atom stereocenters. The molecule has 11 heteroatoms. The third kappa shape index (κ3) is 4.90. The number of benzene rings is 2. The Balaban J connectivity index is 1.82. The fourth-order valence-corrected chi connectivity index (χ4v) is 4.08. The van der Waals surface area contributed by atoms with Crippen LogP contribution in [0.25, 0.3) is 16.7 Å². The number of carbonyl (C=O) groups is 2. The predicted molar refractivity (Wildman–Crippen MR) is 139 cm³/mol. The first kappa shape index (κ1) is 25.2. The molecular formula is C25H27ClN6O4. The molecule has 2 heterocycles. The molecule has 2 N–H and O–H groups in total. The van der Waals surface area contributed by atoms with Crippen molar-refractivity contribution in [2.24, 2.45) is 5.92 Å². The maximum absolute atomic E-state index is 13.4. The number of nitrogens with zero attached hydrogens (tertiary/aromatic N) is 4. The summed E-state index contributed by atoms with van der Waals surface area (Å²) in [5, 5.41) is 10.6. The van der Waals surface area contributed by atoms with Crippen LogP contribution in [0.1, 0.15) is 44.1 Å². The highest BCUT2D eigenvalue weighted by atomic mass is 35.5. The maximum atomic E-state index is 13.4. The third-order valence-electron chi connectivity index (χ3n) is 5.58. The van der Waals surface area contributed by atoms with E-state index < -0.39 is 11.6 Å². The third-order valence-corrected chi connectivity index (χ3v) is 5.81. The van der Waals surface area contributed by atoms with Crippen molar-refractivity contribution in [3.05, 3.63) is 73.9 Å². The van der Waals surface area contributed by atoms with Gasteiger partial charge in [-0.15, -0.1) is 5.10 Å². The molecule has 2 aromatic carbocycles. The highest BCUT2D eigenvalue weighted by molar-refractivity contribution is 6.30. The number of aromatic nitrogens is 4. The van der Waals surface area contributed by atoms with Gasteiger partial charge in [0, 0.05) is 28.9 Å². The van der Waals surface area contributed by atoms with Crippen molar-refractivity contribution >= 4 is 45.8 Å². The number of anilines is 1. The van der Waals surface area contributed by atoms with E-state index in [-0.39, 0.29) is 46.7 Å². The van der Waals surface area contributed by atoms with E-state index in [0.29, 0.717) is 22.8 Å². The molecular weight excluding hydrogens is 484 g/mol. The summed E-state index contributed by atoms with van der Waals surface area (Å²) < 4.78 is 3.66. The van der Waals surface area contributed by atoms with E-state index >= 15 is 0 Å². The summed E-state index contributed by atoms with van der Waals surface area (Å²) in [6.07, 6.45) is 0. The van der Waals surface area contributed by atoms with Gasteiger partial charge < -0.3 is 10.6 Å². The SMILES string of the molecule is CC(C)CNC(=O)c1ccc2c(=O)n(C(C)C)c3nn(CC(=O)Nc4cccc(Cl)c4)c(=O)n3c2c1. The number of hydrogen-bond acceptors (Lipinski definition) is 5. The molecule has 0 saturated heterocycles. The van der Waals surface area contributed by atoms with Crippen LogP contribution in [0.4, 0.5) is 5.69 Å². The lowest BCUT2D eigenvalue weighted by molar-refractivity contribution is -0.117. The Hall–Kier alpha value is -3.92. The van der Waals surface area contributed by atoms with Crippen molar-refractivity contribution in [1.82, 2.24) is 24.1 Å². The first-order chi connectivity index (χ1) is 17.1. The highest BCUT2D eigenvalue weighted by Gasteiger charge is 2.21. The summed E-state index contributed by atoms with van der Waals surface area (Å²) >= 11 is 5.97. The Kier molecular flexibility index (Phi) is 6.98. The van der Waals surface area contributed by atoms with Gasteiger partial charge in [0.1, 0.15) is 6.54 Å². The molecule has 0 aliphatic heterocycles. The summed E-state index contributed by atoms with van der Waals surface area (Å²) in [7, 11) is 0. The summed E-state index contributed by atoms with van der Waals surface area (Å²) in [6, 6.07) is 10.9. The highest BCUT2D eigenvalue weighted by Crippen LogP contribution is 2.17. The van der Waals surface area contributed by atoms with Crippen molar-refractivity contribution in [3.63, 3.8) is 0 Å². The average Bonchev–Trinajstić information content (AvgIpc) is 3.12. The predicted octanol–water partition coefficient (Wildman–Crippen LogP) is 3.07. The lowest BCUT2D eigenvalue weighted by atomic mass is 10.1. The van der Waals surface area contributed by atoms with Gasteiger partial charge in [0.25, 0.3) is 11.5 Å². The van der Waals surface area contributed by atoms with E-state index in [2.05, 4.69) is 15.7 Å². The van der Waals surface area contributed by atoms with Gasteiger partial charge in [-0.25, -0.2) is 13.9 Å². The van der Waals surface area contributed by atoms with Crippen LogP contribution in [0.3, 0.4) is 0 Å². The minimum atomic E-state index is -0.606. The monoisotopic (exact) mass is 510 g/mol. The molecule has 4 rings (SSSR count). The fourth-order valence-electron chi connectivity index (χ4n) is 3.89. The van der Waals surface area contributed by atoms with Gasteiger partial charge in [0.15, 0.2) is 0 Å². The fraction of sp³-hybridized carbons (Fsp3) is 0.320. The van der Waals surface area contributed by atoms with Crippen molar-refractivity contribution < 1.29 is 9.59 Å². The molecule has 2 amide bonds. The molecule has 0 aliphatic carbocycles. The number of amides is 2. The van der Waals surface area contributed by atoms with Crippen molar-refractivity contribution in [2.45, 2.75) is 40.3 Å². The molecule has 0 aliphatic rings. The molecule has 188 valence electrons. The number of rotatable bonds is 7. The number of nitrogens with one attached hydrogen (secondary N) is 2. The van der Waals surface area contributed by atoms with E-state index in [1.165, 1.54) is 21.1 Å². The maximum Gasteiger partial charge on any atom is 0.352 e. The molecule has 0 saturated carbocycles. The molecule has 4 aromatic rings. The molecule has 36 heavy (non-hydrogen) atoms. The molecule has 0 bridgehead atoms. The van der Waals surface area contributed by atoms with E-state index in [1.807, 2.05) is 13.8 Å². The first-order valence-electron chi connectivity index (χ1n) is 11.6. The van der Waals surface area contributed by atoms with Crippen LogP contribution in [0.15, 0.2) is 52.1 Å². The van der Waals surface area contributed by atoms with E-state index in [1.54, 1.807) is 44.2 Å². The van der Waals surface area contributed by atoms with Crippen LogP contribution in [0, 0.1) is 5.92 Å². The zero-order valence-corrected chi connectivity index (χ0v) is 21.2. The minimum Gasteiger partial charge on any atom is -0.352 e. The molecule has 0 radical (unpaired) electrons. The van der Waals surface area contributed by atoms with E-state index in [0.717, 1.165) is 4.68 Å². The Morgan fingerprint density at radius 2 is 1.81 bits per heavy atom. The van der Waals surface area contributed by atoms with Crippen molar-refractivity contribution in [2.75, 3.05) is 11.9 Å². The van der Waals surface area contributed by atoms with Gasteiger partial charge in [0.05, 0.1) is 10.9 Å². The van der Waals surface area contributed by atoms with Crippen LogP contribution >= 0.6 is 11.6 Å². The second-order valence-corrected chi connectivity index (χ2v) is 9.68.